The summed E-state index contributed by atoms with van der Waals surface area (Å²) in [6.07, 6.45) is -14.7. The van der Waals surface area contributed by atoms with E-state index in [0.717, 1.165) is 0 Å². The van der Waals surface area contributed by atoms with Crippen molar-refractivity contribution >= 4 is 5.91 Å². The van der Waals surface area contributed by atoms with Crippen molar-refractivity contribution in [1.82, 2.24) is 16.0 Å². The minimum Gasteiger partial charge on any atom is -0.395 e. The lowest BCUT2D eigenvalue weighted by atomic mass is 9.75. The molecule has 1 amide bonds. The maximum absolute atomic E-state index is 13.0. The number of likely N-dealkylation sites (N-methyl/N-ethyl adjacent to an activating group) is 1. The number of carbonyl (C=O) groups is 1. The van der Waals surface area contributed by atoms with Crippen molar-refractivity contribution in [2.75, 3.05) is 33.4 Å². The molecule has 0 aromatic rings. The van der Waals surface area contributed by atoms with Gasteiger partial charge >= 0.3 is 0 Å². The largest absolute Gasteiger partial charge is 0.395 e. The molecule has 0 aromatic carbocycles. The molecule has 4 rings (SSSR count). The third-order valence-corrected chi connectivity index (χ3v) is 8.98. The van der Waals surface area contributed by atoms with Gasteiger partial charge in [0.2, 0.25) is 0 Å². The van der Waals surface area contributed by atoms with Crippen LogP contribution in [0.25, 0.3) is 0 Å². The fourth-order valence-corrected chi connectivity index (χ4v) is 6.43. The zero-order chi connectivity index (χ0) is 32.6. The van der Waals surface area contributed by atoms with E-state index in [1.54, 1.807) is 0 Å². The van der Waals surface area contributed by atoms with Gasteiger partial charge in [0, 0.05) is 38.0 Å². The van der Waals surface area contributed by atoms with Gasteiger partial charge in [-0.15, -0.1) is 0 Å². The summed E-state index contributed by atoms with van der Waals surface area (Å²) in [7, 11) is 1.53. The van der Waals surface area contributed by atoms with Gasteiger partial charge in [-0.05, 0) is 20.4 Å². The number of ether oxygens (including phenoxy) is 4. The van der Waals surface area contributed by atoms with E-state index in [2.05, 4.69) is 16.0 Å². The number of rotatable bonds is 11. The van der Waals surface area contributed by atoms with Gasteiger partial charge in [-0.2, -0.15) is 0 Å². The Labute approximate surface area is 254 Å². The van der Waals surface area contributed by atoms with E-state index < -0.39 is 96.6 Å². The second kappa shape index (κ2) is 14.3. The summed E-state index contributed by atoms with van der Waals surface area (Å²) in [5.41, 5.74) is 8.97. The Hall–Kier alpha value is -1.17. The first kappa shape index (κ1) is 35.7. The second-order valence-electron chi connectivity index (χ2n) is 12.6. The summed E-state index contributed by atoms with van der Waals surface area (Å²) in [6, 6.07) is -3.29. The van der Waals surface area contributed by atoms with Crippen LogP contribution in [0.5, 0.6) is 0 Å². The van der Waals surface area contributed by atoms with Crippen LogP contribution in [0.1, 0.15) is 26.2 Å². The van der Waals surface area contributed by atoms with Gasteiger partial charge in [-0.1, -0.05) is 0 Å². The molecule has 0 unspecified atom stereocenters. The van der Waals surface area contributed by atoms with Crippen molar-refractivity contribution in [3.05, 3.63) is 0 Å². The summed E-state index contributed by atoms with van der Waals surface area (Å²) >= 11 is 0. The van der Waals surface area contributed by atoms with Crippen LogP contribution in [0.15, 0.2) is 0 Å². The Balaban J connectivity index is 1.54. The number of aliphatic hydroxyl groups excluding tert-OH is 6. The van der Waals surface area contributed by atoms with E-state index in [4.69, 9.17) is 35.5 Å². The lowest BCUT2D eigenvalue weighted by Gasteiger charge is -2.50. The van der Waals surface area contributed by atoms with E-state index in [1.165, 1.54) is 14.0 Å². The molecule has 4 fully saturated rings. The van der Waals surface area contributed by atoms with Crippen LogP contribution in [-0.2, 0) is 23.7 Å². The fourth-order valence-electron chi connectivity index (χ4n) is 6.43. The summed E-state index contributed by atoms with van der Waals surface area (Å²) in [4.78, 5) is 13.0. The standard InChI is InChI=1S/C26H49N5O13/c1-25(39)9-41-22(18(37)21(25)29-2)44-20-12(31-24(38)26(40)6-10(27)7-26)5-11(28)19(17(20)36)43-23-16(35)15(34)14(33)13(42-23)8-30-3-4-32/h10-23,29-30,32-37,39-40H,3-9,27-28H2,1-2H3,(H,31,38)/t10?,11-,12+,13+,14+,15-,16+,17-,18+,19+,20-,21+,22+,23+,25-,26?/m0/s1. The van der Waals surface area contributed by atoms with E-state index in [-0.39, 0.29) is 51.6 Å². The highest BCUT2D eigenvalue weighted by atomic mass is 16.7. The molecule has 18 nitrogen and oxygen atoms in total. The van der Waals surface area contributed by atoms with Crippen LogP contribution in [0.4, 0.5) is 0 Å². The minimum absolute atomic E-state index is 0.00956. The van der Waals surface area contributed by atoms with Crippen LogP contribution < -0.4 is 27.4 Å². The predicted molar refractivity (Wildman–Crippen MR) is 148 cm³/mol. The van der Waals surface area contributed by atoms with Crippen molar-refractivity contribution in [2.24, 2.45) is 11.5 Å². The molecular formula is C26H49N5O13. The average Bonchev–Trinajstić information content (AvgIpc) is 2.94. The summed E-state index contributed by atoms with van der Waals surface area (Å²) in [5.74, 6) is -0.751. The second-order valence-corrected chi connectivity index (χ2v) is 12.6. The summed E-state index contributed by atoms with van der Waals surface area (Å²) in [5, 5.41) is 92.6. The molecule has 15 N–H and O–H groups in total. The maximum Gasteiger partial charge on any atom is 0.252 e. The number of hydrogen-bond donors (Lipinski definition) is 13. The molecule has 44 heavy (non-hydrogen) atoms. The molecule has 4 aliphatic rings. The fraction of sp³-hybridized carbons (Fsp3) is 0.962. The zero-order valence-corrected chi connectivity index (χ0v) is 24.8. The van der Waals surface area contributed by atoms with Crippen molar-refractivity contribution in [3.63, 3.8) is 0 Å². The molecule has 2 saturated carbocycles. The minimum atomic E-state index is -1.74. The highest BCUT2D eigenvalue weighted by Gasteiger charge is 2.55. The molecule has 2 aliphatic carbocycles. The Kier molecular flexibility index (Phi) is 11.6. The molecule has 18 heteroatoms. The molecule has 2 aliphatic heterocycles. The number of hydrogen-bond acceptors (Lipinski definition) is 17. The van der Waals surface area contributed by atoms with Crippen LogP contribution in [0.3, 0.4) is 0 Å². The maximum atomic E-state index is 13.0. The lowest BCUT2D eigenvalue weighted by Crippen LogP contribution is -2.71. The Morgan fingerprint density at radius 2 is 1.61 bits per heavy atom. The highest BCUT2D eigenvalue weighted by Crippen LogP contribution is 2.35. The van der Waals surface area contributed by atoms with Gasteiger partial charge in [-0.3, -0.25) is 4.79 Å². The SMILES string of the molecule is CN[C@@H]1[C@@H](O)[C@@H](O[C@@H]2[C@@H](O)[C@H](O[C@H]3O[C@H](CNCCO)[C@@H](O)[C@H](O)[C@H]3O)[C@@H](N)C[C@H]2NC(=O)C2(O)CC(N)C2)OC[C@]1(C)O. The third-order valence-electron chi connectivity index (χ3n) is 8.98. The van der Waals surface area contributed by atoms with Gasteiger partial charge in [0.05, 0.1) is 25.3 Å². The number of nitrogens with one attached hydrogen (secondary N) is 3. The van der Waals surface area contributed by atoms with Crippen molar-refractivity contribution in [3.8, 4) is 0 Å². The van der Waals surface area contributed by atoms with Gasteiger partial charge in [0.15, 0.2) is 12.6 Å². The third kappa shape index (κ3) is 7.36. The molecule has 14 atom stereocenters. The predicted octanol–water partition coefficient (Wildman–Crippen LogP) is -7.37. The Bertz CT molecular complexity index is 961. The van der Waals surface area contributed by atoms with Gasteiger partial charge < -0.3 is 87.2 Å². The van der Waals surface area contributed by atoms with Crippen LogP contribution in [-0.4, -0.2) is 177 Å². The molecule has 0 spiro atoms. The summed E-state index contributed by atoms with van der Waals surface area (Å²) < 4.78 is 23.2. The molecule has 0 aromatic heterocycles. The van der Waals surface area contributed by atoms with Crippen LogP contribution in [0.2, 0.25) is 0 Å². The van der Waals surface area contributed by atoms with Crippen molar-refractivity contribution in [1.29, 1.82) is 0 Å². The van der Waals surface area contributed by atoms with Crippen molar-refractivity contribution in [2.45, 2.75) is 123 Å². The van der Waals surface area contributed by atoms with Crippen LogP contribution in [0, 0.1) is 0 Å². The molecular weight excluding hydrogens is 590 g/mol. The van der Waals surface area contributed by atoms with Crippen LogP contribution >= 0.6 is 0 Å². The van der Waals surface area contributed by atoms with E-state index in [9.17, 15) is 40.5 Å². The zero-order valence-electron chi connectivity index (χ0n) is 24.8. The molecule has 2 saturated heterocycles. The average molecular weight is 640 g/mol. The smallest absolute Gasteiger partial charge is 0.252 e. The van der Waals surface area contributed by atoms with E-state index in [1.807, 2.05) is 0 Å². The first-order chi connectivity index (χ1) is 20.6. The normalized spacial score (nSPS) is 49.7. The van der Waals surface area contributed by atoms with Gasteiger partial charge in [0.1, 0.15) is 60.0 Å². The Morgan fingerprint density at radius 1 is 0.955 bits per heavy atom. The lowest BCUT2D eigenvalue weighted by molar-refractivity contribution is -0.331. The Morgan fingerprint density at radius 3 is 2.23 bits per heavy atom. The molecule has 0 radical (unpaired) electrons. The number of aliphatic hydroxyl groups is 8. The van der Waals surface area contributed by atoms with E-state index in [0.29, 0.717) is 0 Å². The number of amides is 1. The highest BCUT2D eigenvalue weighted by molar-refractivity contribution is 5.86. The van der Waals surface area contributed by atoms with Crippen molar-refractivity contribution < 1.29 is 64.6 Å². The quantitative estimate of drug-likeness (QED) is 0.0934. The van der Waals surface area contributed by atoms with Gasteiger partial charge in [-0.25, -0.2) is 0 Å². The van der Waals surface area contributed by atoms with Gasteiger partial charge in [0.25, 0.3) is 5.91 Å². The molecule has 256 valence electrons. The van der Waals surface area contributed by atoms with E-state index >= 15 is 0 Å². The monoisotopic (exact) mass is 639 g/mol. The topological polar surface area (TPSA) is 304 Å². The number of carbonyl (C=O) groups excluding carboxylic acids is 1. The first-order valence-electron chi connectivity index (χ1n) is 14.9. The summed E-state index contributed by atoms with van der Waals surface area (Å²) in [6.45, 7) is 1.20. The molecule has 2 heterocycles. The molecule has 0 bridgehead atoms. The number of nitrogens with two attached hydrogens (primary N) is 2. The first-order valence-corrected chi connectivity index (χ1v) is 14.9.